The Morgan fingerprint density at radius 1 is 1.29 bits per heavy atom. The minimum Gasteiger partial charge on any atom is -0.396 e. The molecule has 0 spiro atoms. The molecule has 6 heteroatoms. The van der Waals surface area contributed by atoms with Crippen molar-refractivity contribution in [1.29, 1.82) is 0 Å². The second-order valence-electron chi connectivity index (χ2n) is 3.45. The summed E-state index contributed by atoms with van der Waals surface area (Å²) in [5.41, 5.74) is 0.962. The van der Waals surface area contributed by atoms with Crippen molar-refractivity contribution in [1.82, 2.24) is 9.97 Å². The number of rotatable bonds is 3. The molecule has 90 valence electrons. The number of hydrogen-bond donors (Lipinski definition) is 2. The summed E-state index contributed by atoms with van der Waals surface area (Å²) in [7, 11) is 0. The van der Waals surface area contributed by atoms with E-state index in [1.807, 2.05) is 0 Å². The van der Waals surface area contributed by atoms with Gasteiger partial charge in [-0.1, -0.05) is 0 Å². The number of benzene rings is 1. The number of halogens is 3. The van der Waals surface area contributed by atoms with Crippen molar-refractivity contribution in [2.24, 2.45) is 0 Å². The van der Waals surface area contributed by atoms with Gasteiger partial charge in [0, 0.05) is 12.0 Å². The molecule has 0 aliphatic carbocycles. The molecular weight excluding hydrogens is 294 g/mol. The lowest BCUT2D eigenvalue weighted by molar-refractivity contribution is 0.297. The van der Waals surface area contributed by atoms with Crippen LogP contribution in [0.5, 0.6) is 0 Å². The molecule has 17 heavy (non-hydrogen) atoms. The van der Waals surface area contributed by atoms with E-state index in [4.69, 9.17) is 5.11 Å². The minimum absolute atomic E-state index is 0.0306. The van der Waals surface area contributed by atoms with Crippen LogP contribution in [0.1, 0.15) is 5.82 Å². The van der Waals surface area contributed by atoms with E-state index in [-0.39, 0.29) is 6.61 Å². The Kier molecular flexibility index (Phi) is 3.54. The molecule has 0 radical (unpaired) electrons. The molecule has 0 fully saturated rings. The standard InChI is InChI=1S/C11H9BrF2N2O/c12-11-10(15-9(16-11)3-4-17)6-1-2-7(13)8(14)5-6/h1-2,5,17H,3-4H2,(H,15,16). The largest absolute Gasteiger partial charge is 0.396 e. The predicted molar refractivity (Wildman–Crippen MR) is 62.4 cm³/mol. The van der Waals surface area contributed by atoms with Gasteiger partial charge in [0.05, 0.1) is 6.61 Å². The van der Waals surface area contributed by atoms with E-state index in [0.29, 0.717) is 28.1 Å². The van der Waals surface area contributed by atoms with Gasteiger partial charge in [-0.15, -0.1) is 0 Å². The molecule has 0 aliphatic heterocycles. The first-order valence-electron chi connectivity index (χ1n) is 4.92. The van der Waals surface area contributed by atoms with Crippen LogP contribution in [-0.4, -0.2) is 21.7 Å². The van der Waals surface area contributed by atoms with E-state index in [1.165, 1.54) is 6.07 Å². The molecule has 0 atom stereocenters. The quantitative estimate of drug-likeness (QED) is 0.916. The third-order valence-electron chi connectivity index (χ3n) is 2.25. The number of nitrogens with one attached hydrogen (secondary N) is 1. The number of imidazole rings is 1. The highest BCUT2D eigenvalue weighted by Gasteiger charge is 2.12. The van der Waals surface area contributed by atoms with Crippen LogP contribution in [0.25, 0.3) is 11.3 Å². The van der Waals surface area contributed by atoms with Crippen LogP contribution >= 0.6 is 15.9 Å². The highest BCUT2D eigenvalue weighted by molar-refractivity contribution is 9.10. The molecule has 1 heterocycles. The first-order chi connectivity index (χ1) is 8.11. The lowest BCUT2D eigenvalue weighted by Crippen LogP contribution is -1.92. The fourth-order valence-corrected chi connectivity index (χ4v) is 2.00. The van der Waals surface area contributed by atoms with Crippen LogP contribution in [-0.2, 0) is 6.42 Å². The zero-order valence-electron chi connectivity index (χ0n) is 8.67. The summed E-state index contributed by atoms with van der Waals surface area (Å²) < 4.78 is 26.5. The second-order valence-corrected chi connectivity index (χ2v) is 4.24. The van der Waals surface area contributed by atoms with Crippen LogP contribution in [0.2, 0.25) is 0 Å². The van der Waals surface area contributed by atoms with E-state index in [9.17, 15) is 8.78 Å². The third-order valence-corrected chi connectivity index (χ3v) is 2.82. The van der Waals surface area contributed by atoms with Gasteiger partial charge in [-0.25, -0.2) is 13.8 Å². The average molecular weight is 303 g/mol. The van der Waals surface area contributed by atoms with Crippen molar-refractivity contribution in [2.75, 3.05) is 6.61 Å². The van der Waals surface area contributed by atoms with Gasteiger partial charge in [0.15, 0.2) is 11.6 Å². The molecule has 0 amide bonds. The smallest absolute Gasteiger partial charge is 0.159 e. The lowest BCUT2D eigenvalue weighted by atomic mass is 10.1. The number of nitrogens with zero attached hydrogens (tertiary/aromatic N) is 1. The fourth-order valence-electron chi connectivity index (χ4n) is 1.46. The van der Waals surface area contributed by atoms with Crippen LogP contribution in [0, 0.1) is 11.6 Å². The number of aliphatic hydroxyl groups is 1. The maximum Gasteiger partial charge on any atom is 0.159 e. The Labute approximate surface area is 105 Å². The Hall–Kier alpha value is -1.27. The van der Waals surface area contributed by atoms with Gasteiger partial charge in [0.25, 0.3) is 0 Å². The molecule has 0 unspecified atom stereocenters. The summed E-state index contributed by atoms with van der Waals surface area (Å²) in [6.07, 6.45) is 0.377. The van der Waals surface area contributed by atoms with Crippen LogP contribution < -0.4 is 0 Å². The van der Waals surface area contributed by atoms with Crippen LogP contribution in [0.4, 0.5) is 8.78 Å². The van der Waals surface area contributed by atoms with E-state index >= 15 is 0 Å². The minimum atomic E-state index is -0.916. The van der Waals surface area contributed by atoms with Crippen LogP contribution in [0.3, 0.4) is 0 Å². The molecule has 0 saturated heterocycles. The van der Waals surface area contributed by atoms with Crippen molar-refractivity contribution in [3.63, 3.8) is 0 Å². The number of aliphatic hydroxyl groups excluding tert-OH is 1. The van der Waals surface area contributed by atoms with E-state index in [0.717, 1.165) is 12.1 Å². The van der Waals surface area contributed by atoms with Gasteiger partial charge < -0.3 is 10.1 Å². The number of H-pyrrole nitrogens is 1. The molecular formula is C11H9BrF2N2O. The Balaban J connectivity index is 2.41. The summed E-state index contributed by atoms with van der Waals surface area (Å²) in [6, 6.07) is 3.58. The molecule has 3 nitrogen and oxygen atoms in total. The average Bonchev–Trinajstić information content (AvgIpc) is 2.64. The summed E-state index contributed by atoms with van der Waals surface area (Å²) >= 11 is 3.25. The summed E-state index contributed by atoms with van der Waals surface area (Å²) in [5, 5.41) is 8.79. The molecule has 0 bridgehead atoms. The monoisotopic (exact) mass is 302 g/mol. The highest BCUT2D eigenvalue weighted by Crippen LogP contribution is 2.27. The first kappa shape index (κ1) is 12.2. The summed E-state index contributed by atoms with van der Waals surface area (Å²) in [4.78, 5) is 7.10. The van der Waals surface area contributed by atoms with Crippen molar-refractivity contribution >= 4 is 15.9 Å². The summed E-state index contributed by atoms with van der Waals surface area (Å²) in [5.74, 6) is -1.23. The fraction of sp³-hybridized carbons (Fsp3) is 0.182. The Bertz CT molecular complexity index is 542. The molecule has 0 aliphatic rings. The van der Waals surface area contributed by atoms with Gasteiger partial charge in [-0.05, 0) is 34.1 Å². The molecule has 2 aromatic rings. The van der Waals surface area contributed by atoms with E-state index in [1.54, 1.807) is 0 Å². The number of aromatic nitrogens is 2. The van der Waals surface area contributed by atoms with E-state index < -0.39 is 11.6 Å². The van der Waals surface area contributed by atoms with Crippen molar-refractivity contribution in [3.8, 4) is 11.3 Å². The van der Waals surface area contributed by atoms with Crippen molar-refractivity contribution < 1.29 is 13.9 Å². The van der Waals surface area contributed by atoms with Crippen LogP contribution in [0.15, 0.2) is 22.8 Å². The number of aromatic amines is 1. The normalized spacial score (nSPS) is 10.8. The maximum atomic E-state index is 13.1. The Morgan fingerprint density at radius 3 is 2.71 bits per heavy atom. The Morgan fingerprint density at radius 2 is 2.06 bits per heavy atom. The van der Waals surface area contributed by atoms with Gasteiger partial charge in [0.2, 0.25) is 0 Å². The lowest BCUT2D eigenvalue weighted by Gasteiger charge is -1.98. The van der Waals surface area contributed by atoms with E-state index in [2.05, 4.69) is 25.9 Å². The molecule has 1 aromatic heterocycles. The van der Waals surface area contributed by atoms with Gasteiger partial charge in [-0.3, -0.25) is 0 Å². The topological polar surface area (TPSA) is 48.9 Å². The first-order valence-corrected chi connectivity index (χ1v) is 5.71. The van der Waals surface area contributed by atoms with Crippen molar-refractivity contribution in [2.45, 2.75) is 6.42 Å². The van der Waals surface area contributed by atoms with Crippen molar-refractivity contribution in [3.05, 3.63) is 40.3 Å². The molecule has 2 N–H and O–H groups in total. The highest BCUT2D eigenvalue weighted by atomic mass is 79.9. The molecule has 0 saturated carbocycles. The molecule has 2 rings (SSSR count). The second kappa shape index (κ2) is 4.93. The number of hydrogen-bond acceptors (Lipinski definition) is 2. The summed E-state index contributed by atoms with van der Waals surface area (Å²) in [6.45, 7) is -0.0306. The zero-order valence-corrected chi connectivity index (χ0v) is 10.3. The van der Waals surface area contributed by atoms with Gasteiger partial charge >= 0.3 is 0 Å². The zero-order chi connectivity index (χ0) is 12.4. The predicted octanol–water partition coefficient (Wildman–Crippen LogP) is 2.65. The van der Waals surface area contributed by atoms with Gasteiger partial charge in [0.1, 0.15) is 16.1 Å². The SMILES string of the molecule is OCCc1nc(-c2ccc(F)c(F)c2)c(Br)[nH]1. The maximum absolute atomic E-state index is 13.1. The van der Waals surface area contributed by atoms with Gasteiger partial charge in [-0.2, -0.15) is 0 Å². The molecule has 1 aromatic carbocycles. The third kappa shape index (κ3) is 2.53.